The van der Waals surface area contributed by atoms with Crippen molar-refractivity contribution in [2.24, 2.45) is 0 Å². The van der Waals surface area contributed by atoms with Gasteiger partial charge in [-0.05, 0) is 18.2 Å². The number of hydrogen-bond donors (Lipinski definition) is 2. The maximum absolute atomic E-state index is 13.1. The number of aliphatic hydroxyl groups is 1. The van der Waals surface area contributed by atoms with E-state index in [1.54, 1.807) is 17.0 Å². The van der Waals surface area contributed by atoms with E-state index in [9.17, 15) is 9.18 Å². The van der Waals surface area contributed by atoms with Crippen LogP contribution in [0.25, 0.3) is 0 Å². The molecule has 0 spiro atoms. The maximum atomic E-state index is 13.1. The summed E-state index contributed by atoms with van der Waals surface area (Å²) in [6, 6.07) is 5.40. The Balaban J connectivity index is 2.27. The molecule has 1 aromatic carbocycles. The van der Waals surface area contributed by atoms with Gasteiger partial charge >= 0.3 is 0 Å². The number of carbonyl (C=O) groups is 1. The van der Waals surface area contributed by atoms with Crippen molar-refractivity contribution in [2.75, 3.05) is 24.6 Å². The largest absolute Gasteiger partial charge is 0.394 e. The average molecular weight is 224 g/mol. The van der Waals surface area contributed by atoms with Crippen molar-refractivity contribution in [3.8, 4) is 0 Å². The van der Waals surface area contributed by atoms with Gasteiger partial charge in [-0.3, -0.25) is 4.79 Å². The smallest absolute Gasteiger partial charge is 0.245 e. The Morgan fingerprint density at radius 2 is 2.38 bits per heavy atom. The summed E-state index contributed by atoms with van der Waals surface area (Å²) in [4.78, 5) is 13.2. The van der Waals surface area contributed by atoms with Crippen LogP contribution < -0.4 is 10.2 Å². The minimum atomic E-state index is -0.629. The van der Waals surface area contributed by atoms with Crippen LogP contribution >= 0.6 is 0 Å². The summed E-state index contributed by atoms with van der Waals surface area (Å²) in [5, 5.41) is 11.8. The van der Waals surface area contributed by atoms with Crippen molar-refractivity contribution in [3.05, 3.63) is 30.1 Å². The fourth-order valence-electron chi connectivity index (χ4n) is 1.86. The first kappa shape index (κ1) is 10.9. The molecule has 2 N–H and O–H groups in total. The SMILES string of the molecule is O=C1NCCN(c2cccc(F)c2)C1CO. The van der Waals surface area contributed by atoms with Crippen molar-refractivity contribution in [2.45, 2.75) is 6.04 Å². The first-order chi connectivity index (χ1) is 7.72. The van der Waals surface area contributed by atoms with Crippen molar-refractivity contribution < 1.29 is 14.3 Å². The number of nitrogens with one attached hydrogen (secondary N) is 1. The summed E-state index contributed by atoms with van der Waals surface area (Å²) in [5.41, 5.74) is 0.619. The Labute approximate surface area is 92.7 Å². The molecule has 0 bridgehead atoms. The monoisotopic (exact) mass is 224 g/mol. The minimum Gasteiger partial charge on any atom is -0.394 e. The van der Waals surface area contributed by atoms with E-state index in [2.05, 4.69) is 5.32 Å². The summed E-state index contributed by atoms with van der Waals surface area (Å²) in [7, 11) is 0. The highest BCUT2D eigenvalue weighted by Gasteiger charge is 2.29. The van der Waals surface area contributed by atoms with Gasteiger partial charge in [0.15, 0.2) is 0 Å². The number of hydrogen-bond acceptors (Lipinski definition) is 3. The number of amides is 1. The van der Waals surface area contributed by atoms with Crippen LogP contribution in [-0.2, 0) is 4.79 Å². The predicted octanol–water partition coefficient (Wildman–Crippen LogP) is 0.123. The van der Waals surface area contributed by atoms with E-state index in [1.165, 1.54) is 12.1 Å². The molecule has 1 saturated heterocycles. The number of aliphatic hydroxyl groups excluding tert-OH is 1. The van der Waals surface area contributed by atoms with E-state index < -0.39 is 6.04 Å². The summed E-state index contributed by atoms with van der Waals surface area (Å²) in [5.74, 6) is -0.571. The standard InChI is InChI=1S/C11H13FN2O2/c12-8-2-1-3-9(6-8)14-5-4-13-11(16)10(14)7-15/h1-3,6,10,15H,4-5,7H2,(H,13,16). The van der Waals surface area contributed by atoms with E-state index in [0.717, 1.165) is 0 Å². The van der Waals surface area contributed by atoms with Crippen LogP contribution in [-0.4, -0.2) is 36.8 Å². The Bertz CT molecular complexity index is 397. The summed E-state index contributed by atoms with van der Waals surface area (Å²) in [6.07, 6.45) is 0. The van der Waals surface area contributed by atoms with E-state index >= 15 is 0 Å². The summed E-state index contributed by atoms with van der Waals surface area (Å²) >= 11 is 0. The lowest BCUT2D eigenvalue weighted by molar-refractivity contribution is -0.124. The first-order valence-corrected chi connectivity index (χ1v) is 5.13. The van der Waals surface area contributed by atoms with E-state index in [0.29, 0.717) is 18.8 Å². The zero-order chi connectivity index (χ0) is 11.5. The second-order valence-electron chi connectivity index (χ2n) is 3.66. The van der Waals surface area contributed by atoms with Gasteiger partial charge in [-0.1, -0.05) is 6.07 Å². The normalized spacial score (nSPS) is 20.8. The molecule has 0 aromatic heterocycles. The minimum absolute atomic E-state index is 0.224. The summed E-state index contributed by atoms with van der Waals surface area (Å²) < 4.78 is 13.1. The molecule has 1 heterocycles. The van der Waals surface area contributed by atoms with E-state index in [1.807, 2.05) is 0 Å². The van der Waals surface area contributed by atoms with Crippen LogP contribution in [0.2, 0.25) is 0 Å². The summed E-state index contributed by atoms with van der Waals surface area (Å²) in [6.45, 7) is 0.800. The van der Waals surface area contributed by atoms with E-state index in [4.69, 9.17) is 5.11 Å². The number of rotatable bonds is 2. The molecule has 1 aliphatic heterocycles. The fourth-order valence-corrected chi connectivity index (χ4v) is 1.86. The van der Waals surface area contributed by atoms with Gasteiger partial charge in [0.2, 0.25) is 5.91 Å². The number of piperazine rings is 1. The first-order valence-electron chi connectivity index (χ1n) is 5.13. The van der Waals surface area contributed by atoms with Crippen LogP contribution in [0.5, 0.6) is 0 Å². The van der Waals surface area contributed by atoms with Gasteiger partial charge in [0, 0.05) is 18.8 Å². The highest BCUT2D eigenvalue weighted by Crippen LogP contribution is 2.19. The molecule has 0 saturated carbocycles. The van der Waals surface area contributed by atoms with Gasteiger partial charge in [-0.15, -0.1) is 0 Å². The highest BCUT2D eigenvalue weighted by molar-refractivity contribution is 5.86. The third-order valence-corrected chi connectivity index (χ3v) is 2.64. The second kappa shape index (κ2) is 4.49. The molecule has 1 fully saturated rings. The van der Waals surface area contributed by atoms with Crippen LogP contribution in [0, 0.1) is 5.82 Å². The number of benzene rings is 1. The molecule has 1 aliphatic rings. The van der Waals surface area contributed by atoms with Crippen molar-refractivity contribution in [1.82, 2.24) is 5.32 Å². The van der Waals surface area contributed by atoms with Gasteiger partial charge in [-0.2, -0.15) is 0 Å². The van der Waals surface area contributed by atoms with Crippen LogP contribution in [0.3, 0.4) is 0 Å². The third-order valence-electron chi connectivity index (χ3n) is 2.64. The predicted molar refractivity (Wildman–Crippen MR) is 57.6 cm³/mol. The molecule has 4 nitrogen and oxygen atoms in total. The van der Waals surface area contributed by atoms with Gasteiger partial charge in [0.05, 0.1) is 6.61 Å². The van der Waals surface area contributed by atoms with Crippen molar-refractivity contribution >= 4 is 11.6 Å². The Morgan fingerprint density at radius 1 is 1.56 bits per heavy atom. The Kier molecular flexibility index (Phi) is 3.05. The molecule has 1 amide bonds. The van der Waals surface area contributed by atoms with Crippen LogP contribution in [0.1, 0.15) is 0 Å². The molecule has 2 rings (SSSR count). The molecule has 1 atom stereocenters. The lowest BCUT2D eigenvalue weighted by Gasteiger charge is -2.35. The zero-order valence-electron chi connectivity index (χ0n) is 8.69. The van der Waals surface area contributed by atoms with E-state index in [-0.39, 0.29) is 18.3 Å². The van der Waals surface area contributed by atoms with Crippen LogP contribution in [0.15, 0.2) is 24.3 Å². The molecule has 16 heavy (non-hydrogen) atoms. The molecule has 0 aliphatic carbocycles. The lowest BCUT2D eigenvalue weighted by Crippen LogP contribution is -2.57. The lowest BCUT2D eigenvalue weighted by atomic mass is 10.1. The third kappa shape index (κ3) is 1.99. The second-order valence-corrected chi connectivity index (χ2v) is 3.66. The Morgan fingerprint density at radius 3 is 3.06 bits per heavy atom. The molecular weight excluding hydrogens is 211 g/mol. The molecule has 1 unspecified atom stereocenters. The van der Waals surface area contributed by atoms with Gasteiger partial charge in [0.25, 0.3) is 0 Å². The number of anilines is 1. The number of nitrogens with zero attached hydrogens (tertiary/aromatic N) is 1. The van der Waals surface area contributed by atoms with Crippen molar-refractivity contribution in [1.29, 1.82) is 0 Å². The maximum Gasteiger partial charge on any atom is 0.245 e. The molecule has 86 valence electrons. The van der Waals surface area contributed by atoms with Crippen LogP contribution in [0.4, 0.5) is 10.1 Å². The molecular formula is C11H13FN2O2. The Hall–Kier alpha value is -1.62. The topological polar surface area (TPSA) is 52.6 Å². The van der Waals surface area contributed by atoms with Gasteiger partial charge in [0.1, 0.15) is 11.9 Å². The molecule has 1 aromatic rings. The zero-order valence-corrected chi connectivity index (χ0v) is 8.69. The quantitative estimate of drug-likeness (QED) is 0.750. The molecule has 0 radical (unpaired) electrons. The van der Waals surface area contributed by atoms with Gasteiger partial charge < -0.3 is 15.3 Å². The fraction of sp³-hybridized carbons (Fsp3) is 0.364. The highest BCUT2D eigenvalue weighted by atomic mass is 19.1. The average Bonchev–Trinajstić information content (AvgIpc) is 2.28. The molecule has 5 heteroatoms. The van der Waals surface area contributed by atoms with Crippen molar-refractivity contribution in [3.63, 3.8) is 0 Å². The van der Waals surface area contributed by atoms with Gasteiger partial charge in [-0.25, -0.2) is 4.39 Å². The number of carbonyl (C=O) groups excluding carboxylic acids is 1. The number of halogens is 1.